The largest absolute Gasteiger partial charge is 0.325 e. The number of nitrogens with one attached hydrogen (secondary N) is 2. The molecule has 0 saturated carbocycles. The van der Waals surface area contributed by atoms with Crippen LogP contribution in [0.1, 0.15) is 30.9 Å². The highest BCUT2D eigenvalue weighted by Crippen LogP contribution is 2.29. The lowest BCUT2D eigenvalue weighted by atomic mass is 9.91. The van der Waals surface area contributed by atoms with E-state index >= 15 is 0 Å². The van der Waals surface area contributed by atoms with Crippen molar-refractivity contribution in [2.75, 3.05) is 23.3 Å². The number of hydrogen-bond donors (Lipinski definition) is 2. The van der Waals surface area contributed by atoms with Crippen LogP contribution in [-0.4, -0.2) is 41.7 Å². The molecule has 2 N–H and O–H groups in total. The van der Waals surface area contributed by atoms with Crippen molar-refractivity contribution in [2.24, 2.45) is 0 Å². The Kier molecular flexibility index (Phi) is 5.36. The van der Waals surface area contributed by atoms with E-state index in [1.165, 1.54) is 0 Å². The minimum Gasteiger partial charge on any atom is -0.325 e. The number of hydrogen-bond acceptors (Lipinski definition) is 5. The second-order valence-electron chi connectivity index (χ2n) is 7.88. The van der Waals surface area contributed by atoms with Crippen LogP contribution >= 0.6 is 0 Å². The first kappa shape index (κ1) is 21.1. The topological polar surface area (TPSA) is 123 Å². The normalized spacial score (nSPS) is 20.3. The number of carbonyl (C=O) groups is 4. The summed E-state index contributed by atoms with van der Waals surface area (Å²) in [4.78, 5) is 52.3. The van der Waals surface area contributed by atoms with Gasteiger partial charge >= 0.3 is 6.03 Å². The molecule has 2 aromatic carbocycles. The maximum Gasteiger partial charge on any atom is 0.325 e. The molecular formula is C23H21N5O4. The van der Waals surface area contributed by atoms with Crippen LogP contribution < -0.4 is 15.5 Å². The van der Waals surface area contributed by atoms with Gasteiger partial charge in [-0.05, 0) is 55.3 Å². The summed E-state index contributed by atoms with van der Waals surface area (Å²) in [6, 6.07) is 14.5. The third-order valence-electron chi connectivity index (χ3n) is 5.70. The lowest BCUT2D eigenvalue weighted by Crippen LogP contribution is -2.42. The van der Waals surface area contributed by atoms with Crippen molar-refractivity contribution in [3.8, 4) is 6.07 Å². The fourth-order valence-electron chi connectivity index (χ4n) is 3.90. The zero-order valence-corrected chi connectivity index (χ0v) is 17.4. The first-order chi connectivity index (χ1) is 15.3. The van der Waals surface area contributed by atoms with Gasteiger partial charge in [-0.2, -0.15) is 5.26 Å². The van der Waals surface area contributed by atoms with Gasteiger partial charge in [-0.15, -0.1) is 0 Å². The van der Waals surface area contributed by atoms with Gasteiger partial charge in [-0.1, -0.05) is 12.1 Å². The van der Waals surface area contributed by atoms with Crippen LogP contribution in [0.15, 0.2) is 48.5 Å². The Bertz CT molecular complexity index is 1140. The molecule has 2 aliphatic rings. The smallest absolute Gasteiger partial charge is 0.325 e. The Balaban J connectivity index is 1.41. The van der Waals surface area contributed by atoms with E-state index in [2.05, 4.69) is 10.6 Å². The maximum atomic E-state index is 13.0. The van der Waals surface area contributed by atoms with Crippen molar-refractivity contribution in [1.29, 1.82) is 5.26 Å². The first-order valence-corrected chi connectivity index (χ1v) is 10.2. The molecule has 0 aliphatic carbocycles. The summed E-state index contributed by atoms with van der Waals surface area (Å²) >= 11 is 0. The lowest BCUT2D eigenvalue weighted by molar-refractivity contribution is -0.133. The van der Waals surface area contributed by atoms with Gasteiger partial charge in [-0.25, -0.2) is 4.79 Å². The molecule has 162 valence electrons. The molecule has 1 atom stereocenters. The molecule has 0 radical (unpaired) electrons. The minimum absolute atomic E-state index is 0.0747. The molecule has 4 rings (SSSR count). The Morgan fingerprint density at radius 1 is 1.12 bits per heavy atom. The van der Waals surface area contributed by atoms with Crippen LogP contribution in [-0.2, 0) is 19.9 Å². The zero-order chi connectivity index (χ0) is 22.9. The molecular weight excluding hydrogens is 410 g/mol. The molecule has 32 heavy (non-hydrogen) atoms. The number of amides is 5. The van der Waals surface area contributed by atoms with E-state index < -0.39 is 29.9 Å². The van der Waals surface area contributed by atoms with Crippen LogP contribution in [0.4, 0.5) is 16.2 Å². The van der Waals surface area contributed by atoms with E-state index in [4.69, 9.17) is 5.26 Å². The van der Waals surface area contributed by atoms with Crippen molar-refractivity contribution in [1.82, 2.24) is 10.2 Å². The third-order valence-corrected chi connectivity index (χ3v) is 5.70. The van der Waals surface area contributed by atoms with E-state index in [1.54, 1.807) is 60.4 Å². The number of anilines is 2. The number of imide groups is 1. The Hall–Kier alpha value is -4.19. The summed E-state index contributed by atoms with van der Waals surface area (Å²) in [5, 5.41) is 14.2. The molecule has 0 spiro atoms. The van der Waals surface area contributed by atoms with Crippen molar-refractivity contribution >= 4 is 35.1 Å². The highest BCUT2D eigenvalue weighted by atomic mass is 16.2. The summed E-state index contributed by atoms with van der Waals surface area (Å²) in [6.45, 7) is 1.79. The number of carbonyl (C=O) groups excluding carboxylic acids is 4. The second-order valence-corrected chi connectivity index (χ2v) is 7.88. The predicted octanol–water partition coefficient (Wildman–Crippen LogP) is 2.09. The van der Waals surface area contributed by atoms with Gasteiger partial charge in [0, 0.05) is 24.3 Å². The van der Waals surface area contributed by atoms with Crippen LogP contribution in [0.25, 0.3) is 0 Å². The van der Waals surface area contributed by atoms with Crippen LogP contribution in [0.5, 0.6) is 0 Å². The molecule has 2 aliphatic heterocycles. The first-order valence-electron chi connectivity index (χ1n) is 10.2. The number of urea groups is 1. The van der Waals surface area contributed by atoms with Gasteiger partial charge < -0.3 is 15.5 Å². The quantitative estimate of drug-likeness (QED) is 0.702. The molecule has 9 heteroatoms. The van der Waals surface area contributed by atoms with Crippen LogP contribution in [0, 0.1) is 11.3 Å². The number of nitrogens with zero attached hydrogens (tertiary/aromatic N) is 3. The summed E-state index contributed by atoms with van der Waals surface area (Å²) in [6.07, 6.45) is 1.36. The summed E-state index contributed by atoms with van der Waals surface area (Å²) < 4.78 is 0. The predicted molar refractivity (Wildman–Crippen MR) is 115 cm³/mol. The third kappa shape index (κ3) is 3.78. The minimum atomic E-state index is -1.32. The highest BCUT2D eigenvalue weighted by molar-refractivity contribution is 6.10. The van der Waals surface area contributed by atoms with Crippen molar-refractivity contribution in [3.63, 3.8) is 0 Å². The molecule has 2 saturated heterocycles. The van der Waals surface area contributed by atoms with Crippen molar-refractivity contribution < 1.29 is 19.2 Å². The molecule has 0 unspecified atom stereocenters. The van der Waals surface area contributed by atoms with Crippen molar-refractivity contribution in [3.05, 3.63) is 59.7 Å². The summed E-state index contributed by atoms with van der Waals surface area (Å²) in [5.41, 5.74) is 0.885. The number of rotatable bonds is 5. The van der Waals surface area contributed by atoms with Gasteiger partial charge in [0.25, 0.3) is 5.91 Å². The monoisotopic (exact) mass is 431 g/mol. The molecule has 5 amide bonds. The standard InChI is InChI=1S/C23H21N5O4/c1-23(16-6-4-15(13-24)5-7-16)21(31)28(22(32)26-23)14-19(29)25-17-8-10-18(11-9-17)27-12-2-3-20(27)30/h4-11H,2-3,12,14H2,1H3,(H,25,29)(H,26,32)/t23-/m0/s1. The summed E-state index contributed by atoms with van der Waals surface area (Å²) in [5.74, 6) is -1.00. The highest BCUT2D eigenvalue weighted by Gasteiger charge is 2.49. The molecule has 2 aromatic rings. The number of nitriles is 1. The molecule has 2 fully saturated rings. The molecule has 0 bridgehead atoms. The van der Waals surface area contributed by atoms with E-state index in [0.29, 0.717) is 29.8 Å². The van der Waals surface area contributed by atoms with Gasteiger partial charge in [0.1, 0.15) is 12.1 Å². The molecule has 2 heterocycles. The van der Waals surface area contributed by atoms with Gasteiger partial charge in [-0.3, -0.25) is 19.3 Å². The second kappa shape index (κ2) is 8.15. The van der Waals surface area contributed by atoms with Gasteiger partial charge in [0.05, 0.1) is 11.6 Å². The Morgan fingerprint density at radius 2 is 1.81 bits per heavy atom. The van der Waals surface area contributed by atoms with Gasteiger partial charge in [0.2, 0.25) is 11.8 Å². The van der Waals surface area contributed by atoms with E-state index in [9.17, 15) is 19.2 Å². The lowest BCUT2D eigenvalue weighted by Gasteiger charge is -2.22. The van der Waals surface area contributed by atoms with Crippen LogP contribution in [0.3, 0.4) is 0 Å². The van der Waals surface area contributed by atoms with Gasteiger partial charge in [0.15, 0.2) is 0 Å². The SMILES string of the molecule is C[C@@]1(c2ccc(C#N)cc2)NC(=O)N(CC(=O)Nc2ccc(N3CCCC3=O)cc2)C1=O. The fourth-order valence-corrected chi connectivity index (χ4v) is 3.90. The van der Waals surface area contributed by atoms with E-state index in [1.807, 2.05) is 6.07 Å². The molecule has 9 nitrogen and oxygen atoms in total. The summed E-state index contributed by atoms with van der Waals surface area (Å²) in [7, 11) is 0. The van der Waals surface area contributed by atoms with E-state index in [0.717, 1.165) is 17.0 Å². The average Bonchev–Trinajstić information content (AvgIpc) is 3.31. The zero-order valence-electron chi connectivity index (χ0n) is 17.4. The van der Waals surface area contributed by atoms with Crippen LogP contribution in [0.2, 0.25) is 0 Å². The van der Waals surface area contributed by atoms with E-state index in [-0.39, 0.29) is 5.91 Å². The molecule has 0 aromatic heterocycles. The Morgan fingerprint density at radius 3 is 2.41 bits per heavy atom. The Labute approximate surface area is 184 Å². The fraction of sp³-hybridized carbons (Fsp3) is 0.261. The average molecular weight is 431 g/mol. The number of benzene rings is 2. The maximum absolute atomic E-state index is 13.0. The van der Waals surface area contributed by atoms with Crippen molar-refractivity contribution in [2.45, 2.75) is 25.3 Å².